The van der Waals surface area contributed by atoms with Gasteiger partial charge in [-0.25, -0.2) is 0 Å². The summed E-state index contributed by atoms with van der Waals surface area (Å²) in [5.41, 5.74) is -0.566. The maximum absolute atomic E-state index is 12.5. The van der Waals surface area contributed by atoms with E-state index in [0.29, 0.717) is 5.75 Å². The average molecular weight is 296 g/mol. The zero-order valence-electron chi connectivity index (χ0n) is 11.2. The van der Waals surface area contributed by atoms with Crippen LogP contribution in [0.5, 0.6) is 5.75 Å². The van der Waals surface area contributed by atoms with Crippen LogP contribution in [-0.4, -0.2) is 13.1 Å². The van der Waals surface area contributed by atoms with Gasteiger partial charge in [-0.15, -0.1) is 5.46 Å². The van der Waals surface area contributed by atoms with Gasteiger partial charge in [0, 0.05) is 0 Å². The summed E-state index contributed by atoms with van der Waals surface area (Å²) in [5, 5.41) is 0. The molecule has 0 heterocycles. The Balaban J connectivity index is 0.00000180. The van der Waals surface area contributed by atoms with E-state index in [1.165, 1.54) is 25.0 Å². The number of hydrogen-bond donors (Lipinski definition) is 0. The summed E-state index contributed by atoms with van der Waals surface area (Å²) < 4.78 is 43.1. The summed E-state index contributed by atoms with van der Waals surface area (Å²) in [6.45, 7) is -4.90. The summed E-state index contributed by atoms with van der Waals surface area (Å²) in [6.07, 6.45) is 6.93. The Kier molecular flexibility index (Phi) is 7.47. The van der Waals surface area contributed by atoms with Crippen molar-refractivity contribution < 1.29 is 69.1 Å². The third kappa shape index (κ3) is 5.79. The fourth-order valence-corrected chi connectivity index (χ4v) is 2.32. The van der Waals surface area contributed by atoms with E-state index in [1.54, 1.807) is 0 Å². The molecule has 0 aliphatic heterocycles. The molecule has 100 valence electrons. The minimum Gasteiger partial charge on any atom is -0.490 e. The predicted molar refractivity (Wildman–Crippen MR) is 67.3 cm³/mol. The minimum atomic E-state index is -4.90. The molecule has 1 aliphatic carbocycles. The van der Waals surface area contributed by atoms with Crippen molar-refractivity contribution in [2.45, 2.75) is 44.6 Å². The topological polar surface area (TPSA) is 9.23 Å². The first kappa shape index (κ1) is 17.6. The molecule has 0 unspecified atom stereocenters. The molecule has 0 N–H and O–H groups in total. The van der Waals surface area contributed by atoms with Crippen molar-refractivity contribution in [2.75, 3.05) is 0 Å². The van der Waals surface area contributed by atoms with Crippen molar-refractivity contribution >= 4 is 12.4 Å². The van der Waals surface area contributed by atoms with Crippen LogP contribution in [0.3, 0.4) is 0 Å². The van der Waals surface area contributed by atoms with Gasteiger partial charge in [0.15, 0.2) is 0 Å². The second kappa shape index (κ2) is 8.08. The molecule has 1 aliphatic rings. The van der Waals surface area contributed by atoms with Gasteiger partial charge in [-0.05, 0) is 37.8 Å². The van der Waals surface area contributed by atoms with E-state index < -0.39 is 12.4 Å². The van der Waals surface area contributed by atoms with E-state index in [0.717, 1.165) is 37.8 Å². The predicted octanol–water partition coefficient (Wildman–Crippen LogP) is 0.847. The van der Waals surface area contributed by atoms with Gasteiger partial charge >= 0.3 is 58.4 Å². The van der Waals surface area contributed by atoms with Gasteiger partial charge < -0.3 is 17.7 Å². The molecule has 1 fully saturated rings. The fraction of sp³-hybridized carbons (Fsp3) is 0.538. The van der Waals surface area contributed by atoms with Crippen molar-refractivity contribution in [3.05, 3.63) is 24.3 Å². The van der Waals surface area contributed by atoms with Gasteiger partial charge in [0.05, 0.1) is 6.10 Å². The molecule has 0 saturated heterocycles. The Morgan fingerprint density at radius 1 is 0.895 bits per heavy atom. The summed E-state index contributed by atoms with van der Waals surface area (Å²) in [6, 6.07) is 5.06. The van der Waals surface area contributed by atoms with E-state index in [-0.39, 0.29) is 57.5 Å². The van der Waals surface area contributed by atoms with Crippen LogP contribution in [0.2, 0.25) is 0 Å². The van der Waals surface area contributed by atoms with Gasteiger partial charge in [0.25, 0.3) is 0 Å². The number of hydrogen-bond acceptors (Lipinski definition) is 1. The first-order valence-electron chi connectivity index (χ1n) is 6.52. The van der Waals surface area contributed by atoms with Crippen molar-refractivity contribution in [3.8, 4) is 5.75 Å². The van der Waals surface area contributed by atoms with Crippen LogP contribution in [0.4, 0.5) is 12.9 Å². The molecule has 0 atom stereocenters. The van der Waals surface area contributed by atoms with Crippen LogP contribution in [0, 0.1) is 0 Å². The summed E-state index contributed by atoms with van der Waals surface area (Å²) in [4.78, 5) is 0. The van der Waals surface area contributed by atoms with Crippen molar-refractivity contribution in [1.29, 1.82) is 0 Å². The van der Waals surface area contributed by atoms with Crippen LogP contribution < -0.4 is 61.6 Å². The van der Waals surface area contributed by atoms with Gasteiger partial charge in [0.1, 0.15) is 5.75 Å². The van der Waals surface area contributed by atoms with E-state index in [9.17, 15) is 12.9 Å². The van der Waals surface area contributed by atoms with E-state index in [1.807, 2.05) is 0 Å². The molecule has 2 rings (SSSR count). The molecule has 0 spiro atoms. The molecule has 0 bridgehead atoms. The van der Waals surface area contributed by atoms with Crippen LogP contribution in [0.15, 0.2) is 24.3 Å². The Labute approximate surface area is 154 Å². The van der Waals surface area contributed by atoms with Crippen LogP contribution in [-0.2, 0) is 0 Å². The second-order valence-corrected chi connectivity index (χ2v) is 4.88. The number of rotatable bonds is 3. The number of halogens is 3. The van der Waals surface area contributed by atoms with E-state index in [2.05, 4.69) is 0 Å². The molecule has 1 aromatic carbocycles. The molecule has 0 aromatic heterocycles. The van der Waals surface area contributed by atoms with E-state index in [4.69, 9.17) is 4.74 Å². The maximum Gasteiger partial charge on any atom is 1.00 e. The first-order chi connectivity index (χ1) is 8.55. The Morgan fingerprint density at radius 3 is 1.89 bits per heavy atom. The molecule has 0 amide bonds. The van der Waals surface area contributed by atoms with Crippen LogP contribution >= 0.6 is 0 Å². The van der Waals surface area contributed by atoms with Gasteiger partial charge in [-0.3, -0.25) is 0 Å². The largest absolute Gasteiger partial charge is 1.00 e. The monoisotopic (exact) mass is 296 g/mol. The van der Waals surface area contributed by atoms with Crippen LogP contribution in [0.25, 0.3) is 0 Å². The SMILES string of the molecule is F[B-](F)(F)c1ccc(OC2CCCCCC2)cc1.[K+]. The molecular weight excluding hydrogens is 279 g/mol. The normalized spacial score (nSPS) is 17.4. The first-order valence-corrected chi connectivity index (χ1v) is 6.52. The molecule has 1 aromatic rings. The molecular formula is C13H17BF3KO. The van der Waals surface area contributed by atoms with E-state index >= 15 is 0 Å². The Bertz CT molecular complexity index is 372. The zero-order chi connectivity index (χ0) is 13.0. The molecule has 19 heavy (non-hydrogen) atoms. The quantitative estimate of drug-likeness (QED) is 0.593. The minimum absolute atomic E-state index is 0. The third-order valence-corrected chi connectivity index (χ3v) is 3.36. The smallest absolute Gasteiger partial charge is 0.490 e. The van der Waals surface area contributed by atoms with Gasteiger partial charge in [-0.1, -0.05) is 25.0 Å². The maximum atomic E-state index is 12.5. The van der Waals surface area contributed by atoms with Crippen LogP contribution in [0.1, 0.15) is 38.5 Å². The molecule has 1 saturated carbocycles. The van der Waals surface area contributed by atoms with Crippen molar-refractivity contribution in [2.24, 2.45) is 0 Å². The zero-order valence-corrected chi connectivity index (χ0v) is 14.4. The summed E-state index contributed by atoms with van der Waals surface area (Å²) in [5.74, 6) is 0.547. The fourth-order valence-electron chi connectivity index (χ4n) is 2.32. The number of ether oxygens (including phenoxy) is 1. The summed E-state index contributed by atoms with van der Waals surface area (Å²) in [7, 11) is 0. The van der Waals surface area contributed by atoms with Gasteiger partial charge in [-0.2, -0.15) is 0 Å². The second-order valence-electron chi connectivity index (χ2n) is 4.88. The number of benzene rings is 1. The Morgan fingerprint density at radius 2 is 1.42 bits per heavy atom. The van der Waals surface area contributed by atoms with Gasteiger partial charge in [0.2, 0.25) is 0 Å². The average Bonchev–Trinajstić information content (AvgIpc) is 2.57. The molecule has 0 radical (unpaired) electrons. The van der Waals surface area contributed by atoms with Crippen molar-refractivity contribution in [3.63, 3.8) is 0 Å². The standard InChI is InChI=1S/C13H17BF3O.K/c15-14(16,17)11-7-9-13(10-8-11)18-12-5-3-1-2-4-6-12;/h7-10,12H,1-6H2;/q-1;+1. The Hall–Kier alpha value is 0.511. The molecule has 6 heteroatoms. The van der Waals surface area contributed by atoms with Crippen molar-refractivity contribution in [1.82, 2.24) is 0 Å². The molecule has 1 nitrogen and oxygen atoms in total. The third-order valence-electron chi connectivity index (χ3n) is 3.36. The summed E-state index contributed by atoms with van der Waals surface area (Å²) >= 11 is 0.